The molecule has 160 valence electrons. The fourth-order valence-electron chi connectivity index (χ4n) is 4.67. The van der Waals surface area contributed by atoms with E-state index in [2.05, 4.69) is 6.07 Å². The van der Waals surface area contributed by atoms with Gasteiger partial charge in [-0.3, -0.25) is 9.36 Å². The second-order valence-electron chi connectivity index (χ2n) is 9.14. The average molecular weight is 414 g/mol. The number of aryl methyl sites for hydroxylation is 1. The van der Waals surface area contributed by atoms with Crippen LogP contribution in [0.1, 0.15) is 44.7 Å². The standard InChI is InChI=1S/C21H27FN6O2/c1-11-16-14(19(29)28(25)20(30)27(16)13-4-5-13)8-15(22)17(11)26-7-6-12(9-26)18(24)21(2,3)10-23/h8,12-13,18H,4-7,9,24-25H2,1-3H3. The topological polar surface area (TPSA) is 123 Å². The van der Waals surface area contributed by atoms with Gasteiger partial charge in [0.05, 0.1) is 28.1 Å². The van der Waals surface area contributed by atoms with E-state index >= 15 is 4.39 Å². The molecule has 2 aliphatic rings. The predicted octanol–water partition coefficient (Wildman–Crippen LogP) is 1.36. The number of halogens is 1. The zero-order valence-corrected chi connectivity index (χ0v) is 17.5. The lowest BCUT2D eigenvalue weighted by Crippen LogP contribution is -2.45. The second kappa shape index (κ2) is 6.84. The third-order valence-electron chi connectivity index (χ3n) is 6.65. The van der Waals surface area contributed by atoms with Crippen molar-refractivity contribution in [3.8, 4) is 6.07 Å². The lowest BCUT2D eigenvalue weighted by Gasteiger charge is -2.30. The number of hydrogen-bond acceptors (Lipinski definition) is 6. The van der Waals surface area contributed by atoms with Crippen LogP contribution in [-0.2, 0) is 0 Å². The van der Waals surface area contributed by atoms with Crippen molar-refractivity contribution < 1.29 is 4.39 Å². The fraction of sp³-hybridized carbons (Fsp3) is 0.571. The van der Waals surface area contributed by atoms with Crippen LogP contribution in [0.4, 0.5) is 10.1 Å². The largest absolute Gasteiger partial charge is 0.369 e. The molecule has 2 fully saturated rings. The maximum Gasteiger partial charge on any atom is 0.350 e. The molecule has 0 spiro atoms. The van der Waals surface area contributed by atoms with E-state index < -0.39 is 22.5 Å². The lowest BCUT2D eigenvalue weighted by atomic mass is 9.79. The van der Waals surface area contributed by atoms with Crippen molar-refractivity contribution in [3.63, 3.8) is 0 Å². The zero-order valence-electron chi connectivity index (χ0n) is 17.5. The first-order valence-electron chi connectivity index (χ1n) is 10.3. The summed E-state index contributed by atoms with van der Waals surface area (Å²) in [6, 6.07) is 3.08. The Morgan fingerprint density at radius 3 is 2.57 bits per heavy atom. The molecule has 2 atom stereocenters. The van der Waals surface area contributed by atoms with Gasteiger partial charge in [0, 0.05) is 30.7 Å². The van der Waals surface area contributed by atoms with E-state index in [-0.39, 0.29) is 23.4 Å². The van der Waals surface area contributed by atoms with Crippen LogP contribution >= 0.6 is 0 Å². The molecule has 1 saturated heterocycles. The van der Waals surface area contributed by atoms with Crippen molar-refractivity contribution in [2.24, 2.45) is 17.1 Å². The summed E-state index contributed by atoms with van der Waals surface area (Å²) < 4.78 is 17.3. The third-order valence-corrected chi connectivity index (χ3v) is 6.65. The molecule has 0 radical (unpaired) electrons. The molecule has 4 rings (SSSR count). The van der Waals surface area contributed by atoms with Gasteiger partial charge in [-0.25, -0.2) is 9.18 Å². The molecule has 1 saturated carbocycles. The molecule has 4 N–H and O–H groups in total. The summed E-state index contributed by atoms with van der Waals surface area (Å²) in [4.78, 5) is 27.2. The minimum atomic E-state index is -0.697. The van der Waals surface area contributed by atoms with Gasteiger partial charge in [-0.05, 0) is 52.0 Å². The van der Waals surface area contributed by atoms with E-state index in [1.165, 1.54) is 10.6 Å². The van der Waals surface area contributed by atoms with Crippen LogP contribution in [0.15, 0.2) is 15.7 Å². The second-order valence-corrected chi connectivity index (χ2v) is 9.14. The van der Waals surface area contributed by atoms with Gasteiger partial charge in [0.1, 0.15) is 5.82 Å². The molecular weight excluding hydrogens is 387 g/mol. The summed E-state index contributed by atoms with van der Waals surface area (Å²) in [5.41, 5.74) is 5.79. The fourth-order valence-corrected chi connectivity index (χ4v) is 4.67. The SMILES string of the molecule is Cc1c(N2CCC(C(N)C(C)(C)C#N)C2)c(F)cc2c(=O)n(N)c(=O)n(C3CC3)c12. The first-order valence-corrected chi connectivity index (χ1v) is 10.3. The van der Waals surface area contributed by atoms with E-state index in [0.717, 1.165) is 19.3 Å². The van der Waals surface area contributed by atoms with Gasteiger partial charge in [-0.15, -0.1) is 0 Å². The Morgan fingerprint density at radius 2 is 1.97 bits per heavy atom. The van der Waals surface area contributed by atoms with Crippen molar-refractivity contribution >= 4 is 16.6 Å². The maximum absolute atomic E-state index is 15.2. The Balaban J connectivity index is 1.83. The van der Waals surface area contributed by atoms with Gasteiger partial charge in [-0.2, -0.15) is 9.94 Å². The van der Waals surface area contributed by atoms with Gasteiger partial charge in [-0.1, -0.05) is 0 Å². The van der Waals surface area contributed by atoms with Gasteiger partial charge >= 0.3 is 5.69 Å². The summed E-state index contributed by atoms with van der Waals surface area (Å²) in [5, 5.41) is 9.51. The van der Waals surface area contributed by atoms with Crippen molar-refractivity contribution in [1.82, 2.24) is 9.24 Å². The highest BCUT2D eigenvalue weighted by atomic mass is 19.1. The molecule has 1 aromatic heterocycles. The van der Waals surface area contributed by atoms with Crippen LogP contribution in [0.25, 0.3) is 10.9 Å². The van der Waals surface area contributed by atoms with E-state index in [0.29, 0.717) is 34.5 Å². The third kappa shape index (κ3) is 2.98. The molecule has 0 bridgehead atoms. The number of nitrogens with zero attached hydrogens (tertiary/aromatic N) is 4. The van der Waals surface area contributed by atoms with Crippen molar-refractivity contribution in [2.75, 3.05) is 23.8 Å². The van der Waals surface area contributed by atoms with Gasteiger partial charge in [0.25, 0.3) is 5.56 Å². The van der Waals surface area contributed by atoms with E-state index in [9.17, 15) is 14.9 Å². The molecule has 1 aliphatic heterocycles. The Kier molecular flexibility index (Phi) is 4.66. The minimum absolute atomic E-state index is 0.0245. The Hall–Kier alpha value is -2.86. The molecule has 0 amide bonds. The summed E-state index contributed by atoms with van der Waals surface area (Å²) in [6.07, 6.45) is 2.38. The van der Waals surface area contributed by atoms with Crippen LogP contribution in [0.2, 0.25) is 0 Å². The summed E-state index contributed by atoms with van der Waals surface area (Å²) in [5.74, 6) is 5.20. The highest BCUT2D eigenvalue weighted by molar-refractivity contribution is 5.87. The molecule has 2 unspecified atom stereocenters. The highest BCUT2D eigenvalue weighted by Crippen LogP contribution is 2.40. The number of nitrogen functional groups attached to an aromatic ring is 1. The van der Waals surface area contributed by atoms with Crippen molar-refractivity contribution in [2.45, 2.75) is 52.1 Å². The Bertz CT molecular complexity index is 1190. The van der Waals surface area contributed by atoms with Crippen molar-refractivity contribution in [1.29, 1.82) is 5.26 Å². The molecule has 30 heavy (non-hydrogen) atoms. The van der Waals surface area contributed by atoms with E-state index in [1.807, 2.05) is 18.7 Å². The predicted molar refractivity (Wildman–Crippen MR) is 113 cm³/mol. The molecule has 8 nitrogen and oxygen atoms in total. The van der Waals surface area contributed by atoms with Gasteiger partial charge in [0.2, 0.25) is 0 Å². The van der Waals surface area contributed by atoms with E-state index in [4.69, 9.17) is 11.6 Å². The molecular formula is C21H27FN6O2. The average Bonchev–Trinajstić information content (AvgIpc) is 3.43. The number of aromatic nitrogens is 2. The Labute approximate surface area is 173 Å². The van der Waals surface area contributed by atoms with Crippen molar-refractivity contribution in [3.05, 3.63) is 38.3 Å². The molecule has 1 aliphatic carbocycles. The molecule has 9 heteroatoms. The molecule has 2 heterocycles. The number of nitriles is 1. The smallest absolute Gasteiger partial charge is 0.350 e. The zero-order chi connectivity index (χ0) is 22.0. The highest BCUT2D eigenvalue weighted by Gasteiger charge is 2.38. The Morgan fingerprint density at radius 1 is 1.30 bits per heavy atom. The number of fused-ring (bicyclic) bond motifs is 1. The number of anilines is 1. The molecule has 1 aromatic carbocycles. The number of nitrogens with two attached hydrogens (primary N) is 2. The summed E-state index contributed by atoms with van der Waals surface area (Å²) in [7, 11) is 0. The van der Waals surface area contributed by atoms with Crippen LogP contribution < -0.4 is 27.7 Å². The lowest BCUT2D eigenvalue weighted by molar-refractivity contribution is 0.294. The summed E-state index contributed by atoms with van der Waals surface area (Å²) >= 11 is 0. The number of hydrogen-bond donors (Lipinski definition) is 2. The maximum atomic E-state index is 15.2. The van der Waals surface area contributed by atoms with Gasteiger partial charge in [0.15, 0.2) is 0 Å². The molecule has 2 aromatic rings. The van der Waals surface area contributed by atoms with Crippen LogP contribution in [0.3, 0.4) is 0 Å². The van der Waals surface area contributed by atoms with Crippen LogP contribution in [0.5, 0.6) is 0 Å². The minimum Gasteiger partial charge on any atom is -0.369 e. The number of benzene rings is 1. The first-order chi connectivity index (χ1) is 14.1. The normalized spacial score (nSPS) is 20.5. The van der Waals surface area contributed by atoms with Crippen LogP contribution in [-0.4, -0.2) is 28.4 Å². The quantitative estimate of drug-likeness (QED) is 0.728. The van der Waals surface area contributed by atoms with Crippen LogP contribution in [0, 0.1) is 35.4 Å². The van der Waals surface area contributed by atoms with Gasteiger partial charge < -0.3 is 16.5 Å². The van der Waals surface area contributed by atoms with E-state index in [1.54, 1.807) is 6.92 Å². The number of rotatable bonds is 4. The monoisotopic (exact) mass is 414 g/mol. The summed E-state index contributed by atoms with van der Waals surface area (Å²) in [6.45, 7) is 6.47. The first kappa shape index (κ1) is 20.4.